The van der Waals surface area contributed by atoms with Crippen molar-refractivity contribution < 1.29 is 9.22 Å². The second-order valence-electron chi connectivity index (χ2n) is 9.04. The monoisotopic (exact) mass is 514 g/mol. The molecule has 0 aliphatic rings. The third kappa shape index (κ3) is 4.96. The van der Waals surface area contributed by atoms with E-state index in [0.29, 0.717) is 6.61 Å². The summed E-state index contributed by atoms with van der Waals surface area (Å²) in [6.07, 6.45) is 0. The smallest absolute Gasteiger partial charge is 0.171 e. The number of hydrogen-bond acceptors (Lipinski definition) is 1. The first kappa shape index (κ1) is 23.0. The molecule has 1 atom stereocenters. The van der Waals surface area contributed by atoms with E-state index < -0.39 is 5.60 Å². The van der Waals surface area contributed by atoms with Gasteiger partial charge in [-0.2, -0.15) is 0 Å². The summed E-state index contributed by atoms with van der Waals surface area (Å²) in [6.45, 7) is 4.87. The molecule has 158 valence electrons. The SMILES string of the molecule is Cc1cc(C)cc(COC(c2ccccc2)(c2ccccc2)C(CI)[N+](C)(C)C)c1. The highest BCUT2D eigenvalue weighted by atomic mass is 127. The zero-order valence-electron chi connectivity index (χ0n) is 18.7. The Kier molecular flexibility index (Phi) is 7.38. The molecule has 0 aliphatic carbocycles. The summed E-state index contributed by atoms with van der Waals surface area (Å²) in [7, 11) is 6.80. The van der Waals surface area contributed by atoms with Gasteiger partial charge in [-0.25, -0.2) is 0 Å². The number of ether oxygens (including phenoxy) is 1. The highest BCUT2D eigenvalue weighted by Gasteiger charge is 2.49. The Morgan fingerprint density at radius 3 is 1.67 bits per heavy atom. The van der Waals surface area contributed by atoms with Crippen molar-refractivity contribution in [2.24, 2.45) is 0 Å². The average Bonchev–Trinajstić information content (AvgIpc) is 2.71. The molecule has 0 N–H and O–H groups in total. The number of nitrogens with zero attached hydrogens (tertiary/aromatic N) is 1. The lowest BCUT2D eigenvalue weighted by molar-refractivity contribution is -0.900. The van der Waals surface area contributed by atoms with Crippen molar-refractivity contribution in [1.29, 1.82) is 0 Å². The molecule has 0 radical (unpaired) electrons. The fourth-order valence-electron chi connectivity index (χ4n) is 4.40. The largest absolute Gasteiger partial charge is 0.355 e. The van der Waals surface area contributed by atoms with Crippen LogP contribution in [0, 0.1) is 13.8 Å². The van der Waals surface area contributed by atoms with Crippen molar-refractivity contribution >= 4 is 22.6 Å². The molecule has 0 bridgehead atoms. The van der Waals surface area contributed by atoms with Gasteiger partial charge in [0.1, 0.15) is 6.04 Å². The van der Waals surface area contributed by atoms with Gasteiger partial charge >= 0.3 is 0 Å². The Hall–Kier alpha value is -1.69. The van der Waals surface area contributed by atoms with E-state index >= 15 is 0 Å². The third-order valence-corrected chi connectivity index (χ3v) is 6.54. The number of alkyl halides is 1. The molecule has 3 heteroatoms. The van der Waals surface area contributed by atoms with Gasteiger partial charge in [0.05, 0.1) is 32.2 Å². The summed E-state index contributed by atoms with van der Waals surface area (Å²) < 4.78 is 8.83. The number of aryl methyl sites for hydroxylation is 2. The summed E-state index contributed by atoms with van der Waals surface area (Å²) in [5.74, 6) is 0. The van der Waals surface area contributed by atoms with E-state index in [4.69, 9.17) is 4.74 Å². The van der Waals surface area contributed by atoms with E-state index in [1.807, 2.05) is 0 Å². The van der Waals surface area contributed by atoms with E-state index in [1.165, 1.54) is 27.8 Å². The topological polar surface area (TPSA) is 9.23 Å². The van der Waals surface area contributed by atoms with Gasteiger partial charge in [0, 0.05) is 0 Å². The van der Waals surface area contributed by atoms with Gasteiger partial charge in [-0.3, -0.25) is 0 Å². The minimum atomic E-state index is -0.556. The second-order valence-corrected chi connectivity index (χ2v) is 9.92. The van der Waals surface area contributed by atoms with Crippen molar-refractivity contribution in [3.8, 4) is 0 Å². The molecular formula is C27H33INO+. The van der Waals surface area contributed by atoms with Crippen LogP contribution in [0.2, 0.25) is 0 Å². The molecule has 0 aliphatic heterocycles. The van der Waals surface area contributed by atoms with Gasteiger partial charge < -0.3 is 9.22 Å². The number of quaternary nitrogens is 1. The number of rotatable bonds is 8. The fraction of sp³-hybridized carbons (Fsp3) is 0.333. The van der Waals surface area contributed by atoms with Crippen LogP contribution < -0.4 is 0 Å². The molecule has 0 amide bonds. The van der Waals surface area contributed by atoms with Crippen LogP contribution in [-0.2, 0) is 16.9 Å². The lowest BCUT2D eigenvalue weighted by Gasteiger charge is -2.47. The normalized spacial score (nSPS) is 13.3. The van der Waals surface area contributed by atoms with E-state index in [2.05, 4.69) is 136 Å². The molecular weight excluding hydrogens is 481 g/mol. The summed E-state index contributed by atoms with van der Waals surface area (Å²) in [6, 6.07) is 28.4. The van der Waals surface area contributed by atoms with Gasteiger partial charge in [-0.1, -0.05) is 113 Å². The molecule has 1 unspecified atom stereocenters. The van der Waals surface area contributed by atoms with Crippen molar-refractivity contribution in [3.05, 3.63) is 107 Å². The molecule has 2 nitrogen and oxygen atoms in total. The van der Waals surface area contributed by atoms with Gasteiger partial charge in [-0.05, 0) is 30.5 Å². The van der Waals surface area contributed by atoms with Crippen molar-refractivity contribution in [2.75, 3.05) is 25.6 Å². The average molecular weight is 514 g/mol. The van der Waals surface area contributed by atoms with Crippen molar-refractivity contribution in [3.63, 3.8) is 0 Å². The zero-order chi connectivity index (χ0) is 21.8. The van der Waals surface area contributed by atoms with Crippen LogP contribution in [0.1, 0.15) is 27.8 Å². The van der Waals surface area contributed by atoms with Gasteiger partial charge in [-0.15, -0.1) is 0 Å². The van der Waals surface area contributed by atoms with Crippen LogP contribution in [-0.4, -0.2) is 36.1 Å². The van der Waals surface area contributed by atoms with E-state index in [9.17, 15) is 0 Å². The Bertz CT molecular complexity index is 888. The highest BCUT2D eigenvalue weighted by Crippen LogP contribution is 2.42. The van der Waals surface area contributed by atoms with Gasteiger partial charge in [0.15, 0.2) is 5.60 Å². The molecule has 30 heavy (non-hydrogen) atoms. The number of halogens is 1. The fourth-order valence-corrected chi connectivity index (χ4v) is 6.20. The lowest BCUT2D eigenvalue weighted by Crippen LogP contribution is -2.59. The van der Waals surface area contributed by atoms with Crippen LogP contribution in [0.5, 0.6) is 0 Å². The predicted molar refractivity (Wildman–Crippen MR) is 135 cm³/mol. The van der Waals surface area contributed by atoms with Crippen molar-refractivity contribution in [2.45, 2.75) is 32.1 Å². The maximum absolute atomic E-state index is 7.06. The molecule has 0 fully saturated rings. The molecule has 3 aromatic rings. The zero-order valence-corrected chi connectivity index (χ0v) is 20.9. The molecule has 0 saturated carbocycles. The van der Waals surface area contributed by atoms with Crippen LogP contribution >= 0.6 is 22.6 Å². The molecule has 3 aromatic carbocycles. The maximum Gasteiger partial charge on any atom is 0.171 e. The molecule has 3 rings (SSSR count). The maximum atomic E-state index is 7.06. The Morgan fingerprint density at radius 2 is 1.27 bits per heavy atom. The number of hydrogen-bond donors (Lipinski definition) is 0. The second kappa shape index (κ2) is 9.63. The van der Waals surface area contributed by atoms with E-state index in [0.717, 1.165) is 8.91 Å². The first-order valence-corrected chi connectivity index (χ1v) is 12.0. The predicted octanol–water partition coefficient (Wildman–Crippen LogP) is 6.27. The summed E-state index contributed by atoms with van der Waals surface area (Å²) in [5.41, 5.74) is 5.62. The Morgan fingerprint density at radius 1 is 0.800 bits per heavy atom. The van der Waals surface area contributed by atoms with Gasteiger partial charge in [0.2, 0.25) is 0 Å². The van der Waals surface area contributed by atoms with Crippen LogP contribution in [0.25, 0.3) is 0 Å². The number of likely N-dealkylation sites (N-methyl/N-ethyl adjacent to an activating group) is 1. The van der Waals surface area contributed by atoms with Crippen LogP contribution in [0.3, 0.4) is 0 Å². The number of benzene rings is 3. The summed E-state index contributed by atoms with van der Waals surface area (Å²) in [4.78, 5) is 0. The first-order chi connectivity index (χ1) is 14.3. The van der Waals surface area contributed by atoms with Crippen LogP contribution in [0.15, 0.2) is 78.9 Å². The lowest BCUT2D eigenvalue weighted by atomic mass is 9.79. The van der Waals surface area contributed by atoms with E-state index in [1.54, 1.807) is 0 Å². The Balaban J connectivity index is 2.19. The molecule has 0 spiro atoms. The first-order valence-electron chi connectivity index (χ1n) is 10.5. The quantitative estimate of drug-likeness (QED) is 0.196. The minimum absolute atomic E-state index is 0.230. The summed E-state index contributed by atoms with van der Waals surface area (Å²) in [5, 5.41) is 0. The van der Waals surface area contributed by atoms with E-state index in [-0.39, 0.29) is 6.04 Å². The molecule has 0 aromatic heterocycles. The standard InChI is InChI=1S/C27H33INO/c1-21-16-22(2)18-23(17-21)20-30-27(24-12-8-6-9-13-24,25-14-10-7-11-15-25)26(19-28)29(3,4)5/h6-18,26H,19-20H2,1-5H3/q+1. The molecule has 0 heterocycles. The third-order valence-electron chi connectivity index (χ3n) is 5.70. The summed E-state index contributed by atoms with van der Waals surface area (Å²) >= 11 is 2.52. The Labute approximate surface area is 195 Å². The van der Waals surface area contributed by atoms with Crippen molar-refractivity contribution in [1.82, 2.24) is 0 Å². The van der Waals surface area contributed by atoms with Gasteiger partial charge in [0.25, 0.3) is 0 Å². The minimum Gasteiger partial charge on any atom is -0.355 e. The van der Waals surface area contributed by atoms with Crippen LogP contribution in [0.4, 0.5) is 0 Å². The molecule has 0 saturated heterocycles. The highest BCUT2D eigenvalue weighted by molar-refractivity contribution is 14.1.